The molecule has 0 aromatic carbocycles. The molecule has 0 N–H and O–H groups in total. The molecule has 0 radical (unpaired) electrons. The van der Waals surface area contributed by atoms with Gasteiger partial charge in [-0.2, -0.15) is 0 Å². The molecule has 2 fully saturated rings. The maximum absolute atomic E-state index is 5.44. The van der Waals surface area contributed by atoms with E-state index in [1.54, 1.807) is 0 Å². The second-order valence-corrected chi connectivity index (χ2v) is 6.06. The average molecular weight is 312 g/mol. The predicted octanol–water partition coefficient (Wildman–Crippen LogP) is 2.49. The zero-order valence-electron chi connectivity index (χ0n) is 10.4. The van der Waals surface area contributed by atoms with Crippen LogP contribution in [0, 0.1) is 11.8 Å². The maximum Gasteiger partial charge on any atom is 0.225 e. The van der Waals surface area contributed by atoms with Crippen LogP contribution in [0.1, 0.15) is 19.3 Å². The first kappa shape index (κ1) is 12.4. The van der Waals surface area contributed by atoms with E-state index in [2.05, 4.69) is 30.8 Å². The lowest BCUT2D eigenvalue weighted by Gasteiger charge is -2.27. The Balaban J connectivity index is 1.62. The van der Waals surface area contributed by atoms with Crippen LogP contribution >= 0.6 is 15.9 Å². The van der Waals surface area contributed by atoms with Gasteiger partial charge in [0.05, 0.1) is 4.47 Å². The second-order valence-electron chi connectivity index (χ2n) is 5.15. The summed E-state index contributed by atoms with van der Waals surface area (Å²) in [4.78, 5) is 11.1. The molecule has 5 heteroatoms. The first-order valence-corrected chi connectivity index (χ1v) is 7.42. The van der Waals surface area contributed by atoms with E-state index in [1.807, 2.05) is 12.4 Å². The average Bonchev–Trinajstić information content (AvgIpc) is 2.90. The fourth-order valence-corrected chi connectivity index (χ4v) is 3.21. The monoisotopic (exact) mass is 311 g/mol. The molecule has 0 amide bonds. The van der Waals surface area contributed by atoms with Crippen LogP contribution in [0.3, 0.4) is 0 Å². The van der Waals surface area contributed by atoms with Crippen LogP contribution in [-0.2, 0) is 4.74 Å². The summed E-state index contributed by atoms with van der Waals surface area (Å²) in [6, 6.07) is 0. The van der Waals surface area contributed by atoms with E-state index in [4.69, 9.17) is 4.74 Å². The molecule has 2 saturated heterocycles. The Kier molecular flexibility index (Phi) is 3.80. The van der Waals surface area contributed by atoms with E-state index in [0.717, 1.165) is 48.6 Å². The summed E-state index contributed by atoms with van der Waals surface area (Å²) in [6.45, 7) is 4.07. The van der Waals surface area contributed by atoms with Crippen LogP contribution < -0.4 is 4.90 Å². The highest BCUT2D eigenvalue weighted by atomic mass is 79.9. The van der Waals surface area contributed by atoms with Crippen LogP contribution in [0.25, 0.3) is 0 Å². The number of halogens is 1. The molecule has 0 spiro atoms. The van der Waals surface area contributed by atoms with Gasteiger partial charge < -0.3 is 9.64 Å². The van der Waals surface area contributed by atoms with Gasteiger partial charge >= 0.3 is 0 Å². The number of nitrogens with zero attached hydrogens (tertiary/aromatic N) is 3. The van der Waals surface area contributed by atoms with Crippen molar-refractivity contribution in [3.63, 3.8) is 0 Å². The smallest absolute Gasteiger partial charge is 0.225 e. The Bertz CT molecular complexity index is 392. The fraction of sp³-hybridized carbons (Fsp3) is 0.692. The van der Waals surface area contributed by atoms with E-state index in [9.17, 15) is 0 Å². The van der Waals surface area contributed by atoms with Gasteiger partial charge in [0.1, 0.15) is 0 Å². The second kappa shape index (κ2) is 5.53. The molecule has 1 aromatic rings. The topological polar surface area (TPSA) is 38.2 Å². The van der Waals surface area contributed by atoms with Crippen LogP contribution in [0.2, 0.25) is 0 Å². The standard InChI is InChI=1S/C13H18BrN3O/c14-12-7-15-13(16-8-12)17-4-1-11(9-17)10-2-5-18-6-3-10/h7-8,10-11H,1-6,9H2/t11-/m0/s1. The van der Waals surface area contributed by atoms with Crippen LogP contribution in [0.5, 0.6) is 0 Å². The van der Waals surface area contributed by atoms with E-state index in [1.165, 1.54) is 19.3 Å². The lowest BCUT2D eigenvalue weighted by Crippen LogP contribution is -2.27. The first-order chi connectivity index (χ1) is 8.83. The van der Waals surface area contributed by atoms with Gasteiger partial charge in [0, 0.05) is 38.7 Å². The van der Waals surface area contributed by atoms with Gasteiger partial charge in [-0.1, -0.05) is 0 Å². The molecule has 1 atom stereocenters. The Hall–Kier alpha value is -0.680. The summed E-state index contributed by atoms with van der Waals surface area (Å²) in [7, 11) is 0. The molecule has 2 aliphatic heterocycles. The van der Waals surface area contributed by atoms with Crippen molar-refractivity contribution in [3.05, 3.63) is 16.9 Å². The van der Waals surface area contributed by atoms with E-state index in [-0.39, 0.29) is 0 Å². The Morgan fingerprint density at radius 3 is 2.56 bits per heavy atom. The summed E-state index contributed by atoms with van der Waals surface area (Å²) >= 11 is 3.37. The minimum absolute atomic E-state index is 0.793. The van der Waals surface area contributed by atoms with Crippen molar-refractivity contribution in [2.45, 2.75) is 19.3 Å². The number of ether oxygens (including phenoxy) is 1. The lowest BCUT2D eigenvalue weighted by atomic mass is 9.85. The number of aromatic nitrogens is 2. The highest BCUT2D eigenvalue weighted by Gasteiger charge is 2.31. The third kappa shape index (κ3) is 2.67. The number of hydrogen-bond donors (Lipinski definition) is 0. The molecule has 0 saturated carbocycles. The van der Waals surface area contributed by atoms with Gasteiger partial charge in [-0.3, -0.25) is 0 Å². The molecule has 1 aromatic heterocycles. The van der Waals surface area contributed by atoms with Crippen molar-refractivity contribution in [3.8, 4) is 0 Å². The van der Waals surface area contributed by atoms with Crippen LogP contribution in [-0.4, -0.2) is 36.3 Å². The molecule has 3 heterocycles. The van der Waals surface area contributed by atoms with E-state index >= 15 is 0 Å². The van der Waals surface area contributed by atoms with Crippen LogP contribution in [0.4, 0.5) is 5.95 Å². The Labute approximate surface area is 116 Å². The predicted molar refractivity (Wildman–Crippen MR) is 73.6 cm³/mol. The Morgan fingerprint density at radius 1 is 1.11 bits per heavy atom. The quantitative estimate of drug-likeness (QED) is 0.841. The van der Waals surface area contributed by atoms with Gasteiger partial charge in [0.25, 0.3) is 0 Å². The summed E-state index contributed by atoms with van der Waals surface area (Å²) in [5.74, 6) is 2.49. The van der Waals surface area contributed by atoms with Crippen molar-refractivity contribution in [2.75, 3.05) is 31.2 Å². The molecule has 3 rings (SSSR count). The third-order valence-corrected chi connectivity index (χ3v) is 4.46. The van der Waals surface area contributed by atoms with Gasteiger partial charge in [-0.25, -0.2) is 9.97 Å². The molecular weight excluding hydrogens is 294 g/mol. The van der Waals surface area contributed by atoms with Crippen molar-refractivity contribution >= 4 is 21.9 Å². The van der Waals surface area contributed by atoms with Crippen molar-refractivity contribution in [1.29, 1.82) is 0 Å². The number of anilines is 1. The van der Waals surface area contributed by atoms with Crippen molar-refractivity contribution in [1.82, 2.24) is 9.97 Å². The molecule has 4 nitrogen and oxygen atoms in total. The summed E-state index contributed by atoms with van der Waals surface area (Å²) in [6.07, 6.45) is 7.36. The molecule has 0 aliphatic carbocycles. The van der Waals surface area contributed by atoms with Crippen LogP contribution in [0.15, 0.2) is 16.9 Å². The largest absolute Gasteiger partial charge is 0.381 e. The highest BCUT2D eigenvalue weighted by Crippen LogP contribution is 2.32. The summed E-state index contributed by atoms with van der Waals surface area (Å²) < 4.78 is 6.38. The Morgan fingerprint density at radius 2 is 1.83 bits per heavy atom. The minimum Gasteiger partial charge on any atom is -0.381 e. The zero-order valence-corrected chi connectivity index (χ0v) is 12.0. The lowest BCUT2D eigenvalue weighted by molar-refractivity contribution is 0.0500. The van der Waals surface area contributed by atoms with Gasteiger partial charge in [0.15, 0.2) is 0 Å². The van der Waals surface area contributed by atoms with Gasteiger partial charge in [-0.05, 0) is 47.0 Å². The maximum atomic E-state index is 5.44. The highest BCUT2D eigenvalue weighted by molar-refractivity contribution is 9.10. The zero-order chi connectivity index (χ0) is 12.4. The SMILES string of the molecule is Brc1cnc(N2CC[C@H](C3CCOCC3)C2)nc1. The van der Waals surface area contributed by atoms with Crippen molar-refractivity contribution < 1.29 is 4.74 Å². The normalized spacial score (nSPS) is 25.6. The first-order valence-electron chi connectivity index (χ1n) is 6.63. The molecule has 98 valence electrons. The number of rotatable bonds is 2. The third-order valence-electron chi connectivity index (χ3n) is 4.05. The molecule has 18 heavy (non-hydrogen) atoms. The molecule has 2 aliphatic rings. The fourth-order valence-electron chi connectivity index (χ4n) is 3.01. The van der Waals surface area contributed by atoms with Crippen molar-refractivity contribution in [2.24, 2.45) is 11.8 Å². The number of hydrogen-bond acceptors (Lipinski definition) is 4. The summed E-state index contributed by atoms with van der Waals surface area (Å²) in [5.41, 5.74) is 0. The molecular formula is C13H18BrN3O. The van der Waals surface area contributed by atoms with Gasteiger partial charge in [-0.15, -0.1) is 0 Å². The molecule has 0 unspecified atom stereocenters. The minimum atomic E-state index is 0.793. The van der Waals surface area contributed by atoms with E-state index in [0.29, 0.717) is 0 Å². The molecule has 0 bridgehead atoms. The van der Waals surface area contributed by atoms with E-state index < -0.39 is 0 Å². The van der Waals surface area contributed by atoms with Gasteiger partial charge in [0.2, 0.25) is 5.95 Å². The summed E-state index contributed by atoms with van der Waals surface area (Å²) in [5, 5.41) is 0.